The third-order valence-corrected chi connectivity index (χ3v) is 8.35. The van der Waals surface area contributed by atoms with Gasteiger partial charge in [0.15, 0.2) is 21.8 Å². The molecule has 4 aliphatic rings. The maximum Gasteiger partial charge on any atom is 0.343 e. The number of carbonyl (C=O) groups excluding carboxylic acids is 3. The Bertz CT molecular complexity index is 1360. The monoisotopic (exact) mass is 535 g/mol. The Balaban J connectivity index is 1.46. The molecule has 16 heteroatoms. The van der Waals surface area contributed by atoms with Gasteiger partial charge in [-0.2, -0.15) is 0 Å². The summed E-state index contributed by atoms with van der Waals surface area (Å²) in [5, 5.41) is 28.3. The molecule has 4 heterocycles. The molecular weight excluding hydrogens is 508 g/mol. The number of imide groups is 1. The smallest absolute Gasteiger partial charge is 0.343 e. The van der Waals surface area contributed by atoms with Gasteiger partial charge >= 0.3 is 5.96 Å². The predicted molar refractivity (Wildman–Crippen MR) is 126 cm³/mol. The van der Waals surface area contributed by atoms with Crippen LogP contribution in [0, 0.1) is 0 Å². The minimum atomic E-state index is -3.58. The van der Waals surface area contributed by atoms with Gasteiger partial charge in [-0.25, -0.2) is 18.7 Å². The number of sulfone groups is 1. The number of aliphatic hydroxyl groups is 2. The Hall–Kier alpha value is -3.76. The second-order valence-electron chi connectivity index (χ2n) is 9.54. The van der Waals surface area contributed by atoms with Crippen molar-refractivity contribution >= 4 is 39.5 Å². The molecule has 1 aromatic rings. The second-order valence-corrected chi connectivity index (χ2v) is 11.6. The fraction of sp³-hybridized carbons (Fsp3) is 0.476. The highest BCUT2D eigenvalue weighted by Gasteiger charge is 2.76. The SMILES string of the molecule is CS(=O)(=O)c1cccc(C(=O)N[C@H]2CN3C(N)=N[C@@H](CN4C(=O)CCC4=O)[C@@H]4[NH+]=C(N)N[C@@]43C2(O)O)c1. The summed E-state index contributed by atoms with van der Waals surface area (Å²) < 4.78 is 23.8. The first-order chi connectivity index (χ1) is 17.3. The van der Waals surface area contributed by atoms with Gasteiger partial charge in [0.2, 0.25) is 17.6 Å². The lowest BCUT2D eigenvalue weighted by Crippen LogP contribution is -2.90. The minimum Gasteiger partial charge on any atom is -0.370 e. The molecule has 0 saturated carbocycles. The number of amides is 3. The lowest BCUT2D eigenvalue weighted by molar-refractivity contribution is -0.521. The summed E-state index contributed by atoms with van der Waals surface area (Å²) in [6.07, 6.45) is 1.16. The molecule has 0 radical (unpaired) electrons. The highest BCUT2D eigenvalue weighted by atomic mass is 32.2. The Labute approximate surface area is 211 Å². The molecule has 198 valence electrons. The number of nitrogens with two attached hydrogens (primary N) is 2. The lowest BCUT2D eigenvalue weighted by atomic mass is 9.84. The zero-order valence-electron chi connectivity index (χ0n) is 19.7. The maximum absolute atomic E-state index is 13.0. The lowest BCUT2D eigenvalue weighted by Gasteiger charge is -2.46. The van der Waals surface area contributed by atoms with Gasteiger partial charge in [-0.15, -0.1) is 0 Å². The van der Waals surface area contributed by atoms with E-state index in [0.29, 0.717) is 0 Å². The van der Waals surface area contributed by atoms with Crippen molar-refractivity contribution < 1.29 is 38.0 Å². The molecule has 0 bridgehead atoms. The van der Waals surface area contributed by atoms with Crippen molar-refractivity contribution in [2.75, 3.05) is 19.3 Å². The van der Waals surface area contributed by atoms with Crippen molar-refractivity contribution in [3.63, 3.8) is 0 Å². The van der Waals surface area contributed by atoms with Crippen LogP contribution in [0.4, 0.5) is 0 Å². The van der Waals surface area contributed by atoms with Gasteiger partial charge in [-0.3, -0.25) is 34.9 Å². The van der Waals surface area contributed by atoms with E-state index in [-0.39, 0.29) is 60.1 Å². The van der Waals surface area contributed by atoms with E-state index in [4.69, 9.17) is 11.5 Å². The topological polar surface area (TPSA) is 235 Å². The predicted octanol–water partition coefficient (Wildman–Crippen LogP) is -5.91. The van der Waals surface area contributed by atoms with E-state index in [1.807, 2.05) is 0 Å². The summed E-state index contributed by atoms with van der Waals surface area (Å²) in [6.45, 7) is -0.363. The number of benzene rings is 1. The van der Waals surface area contributed by atoms with Gasteiger partial charge in [0.05, 0.1) is 18.0 Å². The minimum absolute atomic E-state index is 0.00759. The molecule has 2 saturated heterocycles. The normalized spacial score (nSPS) is 30.4. The number of hydrogen-bond donors (Lipinski definition) is 7. The molecular formula is C21H27N8O7S+. The molecule has 4 aliphatic heterocycles. The molecule has 3 amide bonds. The van der Waals surface area contributed by atoms with Gasteiger partial charge in [-0.1, -0.05) is 6.07 Å². The van der Waals surface area contributed by atoms with Gasteiger partial charge < -0.3 is 21.3 Å². The van der Waals surface area contributed by atoms with E-state index >= 15 is 0 Å². The van der Waals surface area contributed by atoms with Crippen LogP contribution in [0.15, 0.2) is 34.2 Å². The summed E-state index contributed by atoms with van der Waals surface area (Å²) in [4.78, 5) is 47.1. The first kappa shape index (κ1) is 24.9. The standard InChI is InChI=1S/C21H26N8O7S/c1-37(35,36)11-4-2-3-10(7-11)17(32)25-13-9-29-19(23)24-12(8-28-14(30)5-6-15(28)31)16-20(29,21(13,33)34)27-18(22)26-16/h2-4,7,12-13,16,33-34H,5-6,8-9H2,1H3,(H2,23,24)(H,25,32)(H3,22,26,27)/p+1/t12-,13-,16-,20-/m0/s1. The highest BCUT2D eigenvalue weighted by molar-refractivity contribution is 7.90. The summed E-state index contributed by atoms with van der Waals surface area (Å²) in [6, 6.07) is 2.11. The van der Waals surface area contributed by atoms with Gasteiger partial charge in [0.1, 0.15) is 12.1 Å². The van der Waals surface area contributed by atoms with Crippen molar-refractivity contribution in [1.82, 2.24) is 20.4 Å². The van der Waals surface area contributed by atoms with Crippen molar-refractivity contribution in [1.29, 1.82) is 0 Å². The number of aliphatic imine (C=N–C) groups is 1. The second kappa shape index (κ2) is 8.12. The summed E-state index contributed by atoms with van der Waals surface area (Å²) >= 11 is 0. The molecule has 1 spiro atoms. The van der Waals surface area contributed by atoms with Crippen LogP contribution in [0.2, 0.25) is 0 Å². The molecule has 9 N–H and O–H groups in total. The zero-order chi connectivity index (χ0) is 26.9. The van der Waals surface area contributed by atoms with Gasteiger partial charge in [0, 0.05) is 24.7 Å². The molecule has 2 fully saturated rings. The molecule has 37 heavy (non-hydrogen) atoms. The third-order valence-electron chi connectivity index (χ3n) is 7.24. The molecule has 0 aliphatic carbocycles. The van der Waals surface area contributed by atoms with Crippen molar-refractivity contribution in [2.45, 2.75) is 47.3 Å². The van der Waals surface area contributed by atoms with E-state index in [1.54, 1.807) is 0 Å². The third kappa shape index (κ3) is 3.70. The number of guanidine groups is 2. The van der Waals surface area contributed by atoms with Crippen LogP contribution in [0.3, 0.4) is 0 Å². The van der Waals surface area contributed by atoms with E-state index in [1.165, 1.54) is 29.2 Å². The van der Waals surface area contributed by atoms with Gasteiger partial charge in [0.25, 0.3) is 11.6 Å². The molecule has 15 nitrogen and oxygen atoms in total. The first-order valence-electron chi connectivity index (χ1n) is 11.4. The average molecular weight is 536 g/mol. The summed E-state index contributed by atoms with van der Waals surface area (Å²) in [7, 11) is -3.58. The van der Waals surface area contributed by atoms with Crippen molar-refractivity contribution in [2.24, 2.45) is 16.5 Å². The number of nitrogens with zero attached hydrogens (tertiary/aromatic N) is 3. The van der Waals surface area contributed by atoms with Crippen LogP contribution < -0.4 is 27.1 Å². The van der Waals surface area contributed by atoms with E-state index in [0.717, 1.165) is 11.2 Å². The number of hydrogen-bond acceptors (Lipinski definition) is 12. The molecule has 0 unspecified atom stereocenters. The van der Waals surface area contributed by atoms with Crippen LogP contribution >= 0.6 is 0 Å². The zero-order valence-corrected chi connectivity index (χ0v) is 20.5. The molecule has 0 aromatic heterocycles. The van der Waals surface area contributed by atoms with Crippen LogP contribution in [0.1, 0.15) is 23.2 Å². The van der Waals surface area contributed by atoms with Crippen LogP contribution in [-0.4, -0.2) is 107 Å². The Morgan fingerprint density at radius 2 is 1.95 bits per heavy atom. The fourth-order valence-corrected chi connectivity index (χ4v) is 6.11. The van der Waals surface area contributed by atoms with Crippen LogP contribution in [0.25, 0.3) is 0 Å². The van der Waals surface area contributed by atoms with E-state index in [2.05, 4.69) is 20.6 Å². The van der Waals surface area contributed by atoms with Crippen molar-refractivity contribution in [3.05, 3.63) is 29.8 Å². The quantitative estimate of drug-likeness (QED) is 0.138. The first-order valence-corrected chi connectivity index (χ1v) is 13.3. The number of rotatable bonds is 5. The molecule has 4 atom stereocenters. The Morgan fingerprint density at radius 3 is 2.59 bits per heavy atom. The maximum atomic E-state index is 13.0. The van der Waals surface area contributed by atoms with Crippen LogP contribution in [-0.2, 0) is 19.4 Å². The average Bonchev–Trinajstić information content (AvgIpc) is 3.41. The van der Waals surface area contributed by atoms with Gasteiger partial charge in [-0.05, 0) is 18.2 Å². The highest BCUT2D eigenvalue weighted by Crippen LogP contribution is 2.41. The number of likely N-dealkylation sites (tertiary alicyclic amines) is 1. The Kier molecular flexibility index (Phi) is 5.47. The number of nitrogens with one attached hydrogen (secondary N) is 3. The Morgan fingerprint density at radius 1 is 1.27 bits per heavy atom. The van der Waals surface area contributed by atoms with E-state index < -0.39 is 45.3 Å². The van der Waals surface area contributed by atoms with E-state index in [9.17, 15) is 33.0 Å². The largest absolute Gasteiger partial charge is 0.370 e. The summed E-state index contributed by atoms with van der Waals surface area (Å²) in [5.41, 5.74) is 10.4. The van der Waals surface area contributed by atoms with Crippen LogP contribution in [0.5, 0.6) is 0 Å². The summed E-state index contributed by atoms with van der Waals surface area (Å²) in [5.74, 6) is -4.33. The molecule has 5 rings (SSSR count). The fourth-order valence-electron chi connectivity index (χ4n) is 5.44. The van der Waals surface area contributed by atoms with Crippen molar-refractivity contribution in [3.8, 4) is 0 Å². The number of carbonyl (C=O) groups is 3. The molecule has 1 aromatic carbocycles.